The van der Waals surface area contributed by atoms with E-state index in [1.807, 2.05) is 51.4 Å². The number of nitrogens with one attached hydrogen (secondary N) is 1. The largest absolute Gasteiger partial charge is 0.494 e. The molecule has 7 heteroatoms. The molecule has 1 saturated heterocycles. The first-order valence-corrected chi connectivity index (χ1v) is 11.1. The average Bonchev–Trinajstić information content (AvgIpc) is 2.81. The molecule has 0 radical (unpaired) electrons. The highest BCUT2D eigenvalue weighted by Crippen LogP contribution is 2.35. The van der Waals surface area contributed by atoms with Gasteiger partial charge in [0, 0.05) is 39.3 Å². The summed E-state index contributed by atoms with van der Waals surface area (Å²) in [5.74, 6) is 2.67. The summed E-state index contributed by atoms with van der Waals surface area (Å²) in [6.45, 7) is 6.37. The number of para-hydroxylation sites is 1. The maximum absolute atomic E-state index is 5.83. The van der Waals surface area contributed by atoms with Crippen molar-refractivity contribution in [2.24, 2.45) is 4.99 Å². The fourth-order valence-electron chi connectivity index (χ4n) is 3.96. The zero-order valence-corrected chi connectivity index (χ0v) is 21.7. The van der Waals surface area contributed by atoms with Crippen molar-refractivity contribution in [3.63, 3.8) is 0 Å². The van der Waals surface area contributed by atoms with Crippen LogP contribution in [0.5, 0.6) is 11.5 Å². The lowest BCUT2D eigenvalue weighted by Crippen LogP contribution is -2.49. The molecule has 1 N–H and O–H groups in total. The molecule has 1 aliphatic rings. The fraction of sp³-hybridized carbons (Fsp3) is 0.480. The Morgan fingerprint density at radius 3 is 2.31 bits per heavy atom. The van der Waals surface area contributed by atoms with Gasteiger partial charge in [-0.15, -0.1) is 24.0 Å². The fourth-order valence-corrected chi connectivity index (χ4v) is 3.96. The summed E-state index contributed by atoms with van der Waals surface area (Å²) >= 11 is 0. The van der Waals surface area contributed by atoms with E-state index in [1.54, 1.807) is 0 Å². The molecule has 0 aromatic heterocycles. The van der Waals surface area contributed by atoms with Gasteiger partial charge in [-0.25, -0.2) is 0 Å². The van der Waals surface area contributed by atoms with Crippen LogP contribution in [0.2, 0.25) is 0 Å². The van der Waals surface area contributed by atoms with E-state index in [-0.39, 0.29) is 29.4 Å². The first-order chi connectivity index (χ1) is 15.2. The van der Waals surface area contributed by atoms with Crippen LogP contribution in [0.4, 0.5) is 0 Å². The van der Waals surface area contributed by atoms with Crippen molar-refractivity contribution < 1.29 is 14.2 Å². The molecule has 0 aliphatic carbocycles. The van der Waals surface area contributed by atoms with E-state index in [1.165, 1.54) is 5.56 Å². The highest BCUT2D eigenvalue weighted by Gasteiger charge is 2.35. The number of halogens is 1. The molecule has 32 heavy (non-hydrogen) atoms. The van der Waals surface area contributed by atoms with Crippen LogP contribution >= 0.6 is 24.0 Å². The van der Waals surface area contributed by atoms with Crippen LogP contribution in [0.3, 0.4) is 0 Å². The SMILES string of the molecule is CCOc1ccc(C2(CNC(=NC)N(C)CCOc3ccccc3)CCOCC2)cc1.I. The van der Waals surface area contributed by atoms with Gasteiger partial charge in [-0.05, 0) is 49.6 Å². The van der Waals surface area contributed by atoms with Gasteiger partial charge >= 0.3 is 0 Å². The molecular weight excluding hydrogens is 517 g/mol. The predicted octanol–water partition coefficient (Wildman–Crippen LogP) is 4.34. The summed E-state index contributed by atoms with van der Waals surface area (Å²) in [5.41, 5.74) is 1.33. The summed E-state index contributed by atoms with van der Waals surface area (Å²) in [5, 5.41) is 3.60. The lowest BCUT2D eigenvalue weighted by atomic mass is 9.74. The monoisotopic (exact) mass is 553 g/mol. The molecule has 1 aliphatic heterocycles. The number of benzene rings is 2. The second kappa shape index (κ2) is 13.5. The number of hydrogen-bond donors (Lipinski definition) is 1. The molecule has 176 valence electrons. The molecule has 3 rings (SSSR count). The van der Waals surface area contributed by atoms with Crippen molar-refractivity contribution in [1.29, 1.82) is 0 Å². The minimum atomic E-state index is 0. The second-order valence-electron chi connectivity index (χ2n) is 7.83. The quantitative estimate of drug-likeness (QED) is 0.285. The van der Waals surface area contributed by atoms with E-state index in [2.05, 4.69) is 39.5 Å². The molecule has 0 unspecified atom stereocenters. The Bertz CT molecular complexity index is 809. The molecule has 0 amide bonds. The maximum Gasteiger partial charge on any atom is 0.193 e. The summed E-state index contributed by atoms with van der Waals surface area (Å²) in [6.07, 6.45) is 1.96. The summed E-state index contributed by atoms with van der Waals surface area (Å²) in [6, 6.07) is 18.4. The van der Waals surface area contributed by atoms with Crippen LogP contribution in [-0.4, -0.2) is 64.5 Å². The van der Waals surface area contributed by atoms with Crippen molar-refractivity contribution in [1.82, 2.24) is 10.2 Å². The summed E-state index contributed by atoms with van der Waals surface area (Å²) < 4.78 is 17.1. The van der Waals surface area contributed by atoms with Crippen LogP contribution in [0.25, 0.3) is 0 Å². The topological polar surface area (TPSA) is 55.3 Å². The summed E-state index contributed by atoms with van der Waals surface area (Å²) in [7, 11) is 3.86. The Morgan fingerprint density at radius 2 is 1.69 bits per heavy atom. The number of guanidine groups is 1. The predicted molar refractivity (Wildman–Crippen MR) is 141 cm³/mol. The van der Waals surface area contributed by atoms with Crippen molar-refractivity contribution in [3.8, 4) is 11.5 Å². The minimum Gasteiger partial charge on any atom is -0.494 e. The van der Waals surface area contributed by atoms with Crippen molar-refractivity contribution in [2.45, 2.75) is 25.2 Å². The number of aliphatic imine (C=N–C) groups is 1. The van der Waals surface area contributed by atoms with Crippen LogP contribution in [-0.2, 0) is 10.2 Å². The highest BCUT2D eigenvalue weighted by molar-refractivity contribution is 14.0. The van der Waals surface area contributed by atoms with Gasteiger partial charge in [0.2, 0.25) is 0 Å². The molecule has 2 aromatic carbocycles. The smallest absolute Gasteiger partial charge is 0.193 e. The molecule has 6 nitrogen and oxygen atoms in total. The standard InChI is InChI=1S/C25H35N3O3.HI/c1-4-30-23-12-10-21(11-13-23)25(14-17-29-18-15-25)20-27-24(26-2)28(3)16-19-31-22-8-6-5-7-9-22;/h5-13H,4,14-20H2,1-3H3,(H,26,27);1H. The molecule has 1 fully saturated rings. The van der Waals surface area contributed by atoms with Gasteiger partial charge in [0.25, 0.3) is 0 Å². The lowest BCUT2D eigenvalue weighted by molar-refractivity contribution is 0.0512. The van der Waals surface area contributed by atoms with E-state index in [0.717, 1.165) is 56.6 Å². The average molecular weight is 553 g/mol. The van der Waals surface area contributed by atoms with Gasteiger partial charge in [0.05, 0.1) is 13.2 Å². The Balaban J connectivity index is 0.00000363. The van der Waals surface area contributed by atoms with Crippen LogP contribution in [0.1, 0.15) is 25.3 Å². The second-order valence-corrected chi connectivity index (χ2v) is 7.83. The highest BCUT2D eigenvalue weighted by atomic mass is 127. The molecule has 0 atom stereocenters. The molecule has 2 aromatic rings. The molecule has 0 saturated carbocycles. The third kappa shape index (κ3) is 7.27. The van der Waals surface area contributed by atoms with Gasteiger partial charge in [0.15, 0.2) is 5.96 Å². The number of nitrogens with zero attached hydrogens (tertiary/aromatic N) is 2. The molecule has 1 heterocycles. The summed E-state index contributed by atoms with van der Waals surface area (Å²) in [4.78, 5) is 6.59. The number of ether oxygens (including phenoxy) is 3. The lowest BCUT2D eigenvalue weighted by Gasteiger charge is -2.39. The number of rotatable bonds is 9. The van der Waals surface area contributed by atoms with Gasteiger partial charge in [-0.2, -0.15) is 0 Å². The zero-order chi connectivity index (χ0) is 21.9. The van der Waals surface area contributed by atoms with Gasteiger partial charge in [-0.3, -0.25) is 4.99 Å². The Kier molecular flexibility index (Phi) is 11.1. The van der Waals surface area contributed by atoms with Crippen LogP contribution in [0.15, 0.2) is 59.6 Å². The van der Waals surface area contributed by atoms with Gasteiger partial charge in [0.1, 0.15) is 18.1 Å². The van der Waals surface area contributed by atoms with Crippen LogP contribution in [0, 0.1) is 0 Å². The Labute approximate surface area is 209 Å². The zero-order valence-electron chi connectivity index (χ0n) is 19.4. The van der Waals surface area contributed by atoms with Gasteiger partial charge < -0.3 is 24.4 Å². The number of likely N-dealkylation sites (N-methyl/N-ethyl adjacent to an activating group) is 1. The van der Waals surface area contributed by atoms with Crippen molar-refractivity contribution in [2.75, 3.05) is 53.6 Å². The first-order valence-electron chi connectivity index (χ1n) is 11.1. The van der Waals surface area contributed by atoms with E-state index >= 15 is 0 Å². The van der Waals surface area contributed by atoms with E-state index in [9.17, 15) is 0 Å². The maximum atomic E-state index is 5.83. The number of hydrogen-bond acceptors (Lipinski definition) is 4. The minimum absolute atomic E-state index is 0. The third-order valence-corrected chi connectivity index (χ3v) is 5.82. The molecule has 0 spiro atoms. The van der Waals surface area contributed by atoms with E-state index in [4.69, 9.17) is 14.2 Å². The Morgan fingerprint density at radius 1 is 1.03 bits per heavy atom. The van der Waals surface area contributed by atoms with Gasteiger partial charge in [-0.1, -0.05) is 30.3 Å². The van der Waals surface area contributed by atoms with E-state index in [0.29, 0.717) is 13.2 Å². The van der Waals surface area contributed by atoms with Crippen molar-refractivity contribution >= 4 is 29.9 Å². The van der Waals surface area contributed by atoms with E-state index < -0.39 is 0 Å². The Hall–Kier alpha value is -2.00. The van der Waals surface area contributed by atoms with Crippen molar-refractivity contribution in [3.05, 3.63) is 60.2 Å². The third-order valence-electron chi connectivity index (χ3n) is 5.82. The molecular formula is C25H36IN3O3. The molecule has 0 bridgehead atoms. The normalized spacial score (nSPS) is 15.4. The first kappa shape index (κ1) is 26.3. The van der Waals surface area contributed by atoms with Crippen LogP contribution < -0.4 is 14.8 Å².